The van der Waals surface area contributed by atoms with Gasteiger partial charge in [0.25, 0.3) is 0 Å². The van der Waals surface area contributed by atoms with Gasteiger partial charge in [0.1, 0.15) is 11.8 Å². The Labute approximate surface area is 231 Å². The summed E-state index contributed by atoms with van der Waals surface area (Å²) in [5.74, 6) is 0.220. The Kier molecular flexibility index (Phi) is 10.8. The van der Waals surface area contributed by atoms with Crippen LogP contribution in [0.2, 0.25) is 5.02 Å². The van der Waals surface area contributed by atoms with Crippen molar-refractivity contribution in [2.45, 2.75) is 70.5 Å². The van der Waals surface area contributed by atoms with Gasteiger partial charge in [0.15, 0.2) is 0 Å². The molecule has 2 aromatic rings. The minimum Gasteiger partial charge on any atom is -0.497 e. The van der Waals surface area contributed by atoms with E-state index in [1.165, 1.54) is 10.7 Å². The van der Waals surface area contributed by atoms with Gasteiger partial charge in [0.05, 0.1) is 19.1 Å². The third-order valence-corrected chi connectivity index (χ3v) is 8.30. The van der Waals surface area contributed by atoms with Gasteiger partial charge in [-0.05, 0) is 68.1 Å². The van der Waals surface area contributed by atoms with Crippen molar-refractivity contribution in [2.75, 3.05) is 24.2 Å². The molecule has 1 saturated carbocycles. The molecule has 10 heteroatoms. The molecule has 0 spiro atoms. The Balaban J connectivity index is 1.71. The molecule has 0 radical (unpaired) electrons. The summed E-state index contributed by atoms with van der Waals surface area (Å²) in [5.41, 5.74) is 1.32. The lowest BCUT2D eigenvalue weighted by atomic mass is 9.95. The number of nitrogens with one attached hydrogen (secondary N) is 1. The van der Waals surface area contributed by atoms with E-state index in [4.69, 9.17) is 16.3 Å². The average molecular weight is 564 g/mol. The first-order valence-corrected chi connectivity index (χ1v) is 15.3. The first-order valence-electron chi connectivity index (χ1n) is 13.0. The smallest absolute Gasteiger partial charge is 0.242 e. The molecule has 0 saturated heterocycles. The largest absolute Gasteiger partial charge is 0.497 e. The van der Waals surface area contributed by atoms with Gasteiger partial charge in [-0.1, -0.05) is 43.0 Å². The van der Waals surface area contributed by atoms with E-state index in [1.54, 1.807) is 55.3 Å². The van der Waals surface area contributed by atoms with Crippen LogP contribution in [-0.4, -0.2) is 57.1 Å². The van der Waals surface area contributed by atoms with Crippen LogP contribution in [0.1, 0.15) is 57.4 Å². The molecular weight excluding hydrogens is 526 g/mol. The van der Waals surface area contributed by atoms with E-state index in [2.05, 4.69) is 5.32 Å². The van der Waals surface area contributed by atoms with Crippen LogP contribution in [-0.2, 0) is 26.2 Å². The number of benzene rings is 2. The maximum absolute atomic E-state index is 13.5. The molecule has 0 unspecified atom stereocenters. The number of hydrogen-bond donors (Lipinski definition) is 1. The van der Waals surface area contributed by atoms with Crippen LogP contribution >= 0.6 is 11.6 Å². The second kappa shape index (κ2) is 13.8. The molecule has 38 heavy (non-hydrogen) atoms. The Morgan fingerprint density at radius 2 is 1.79 bits per heavy atom. The zero-order chi connectivity index (χ0) is 27.7. The monoisotopic (exact) mass is 563 g/mol. The van der Waals surface area contributed by atoms with Crippen molar-refractivity contribution in [2.24, 2.45) is 0 Å². The lowest BCUT2D eigenvalue weighted by molar-refractivity contribution is -0.141. The normalized spacial score (nSPS) is 14.9. The number of methoxy groups -OCH3 is 1. The second-order valence-electron chi connectivity index (χ2n) is 9.81. The topological polar surface area (TPSA) is 96.0 Å². The quantitative estimate of drug-likeness (QED) is 0.401. The van der Waals surface area contributed by atoms with Gasteiger partial charge in [0.2, 0.25) is 21.8 Å². The molecule has 1 N–H and O–H groups in total. The van der Waals surface area contributed by atoms with Crippen LogP contribution in [0.15, 0.2) is 48.5 Å². The molecule has 0 bridgehead atoms. The third kappa shape index (κ3) is 8.63. The fourth-order valence-corrected chi connectivity index (χ4v) is 5.91. The van der Waals surface area contributed by atoms with E-state index in [0.717, 1.165) is 37.5 Å². The third-order valence-electron chi connectivity index (χ3n) is 6.87. The van der Waals surface area contributed by atoms with Crippen molar-refractivity contribution in [1.29, 1.82) is 0 Å². The predicted molar refractivity (Wildman–Crippen MR) is 151 cm³/mol. The highest BCUT2D eigenvalue weighted by molar-refractivity contribution is 7.92. The number of ether oxygens (including phenoxy) is 1. The second-order valence-corrected chi connectivity index (χ2v) is 12.2. The molecule has 1 aliphatic carbocycles. The summed E-state index contributed by atoms with van der Waals surface area (Å²) >= 11 is 6.16. The standard InChI is InChI=1S/C28H38ClN3O5S/c1-21(28(34)30-24-11-5-4-6-12-24)31(20-22-9-7-10-23(29)19-22)27(33)13-8-18-32(38(3,35)36)25-14-16-26(37-2)17-15-25/h7,9-10,14-17,19,21,24H,4-6,8,11-13,18,20H2,1-3H3,(H,30,34)/t21-/m0/s1. The van der Waals surface area contributed by atoms with Crippen LogP contribution < -0.4 is 14.4 Å². The van der Waals surface area contributed by atoms with Crippen molar-refractivity contribution in [1.82, 2.24) is 10.2 Å². The Bertz CT molecular complexity index is 1180. The van der Waals surface area contributed by atoms with Crippen LogP contribution in [0.4, 0.5) is 5.69 Å². The summed E-state index contributed by atoms with van der Waals surface area (Å²) in [6.07, 6.45) is 6.79. The Hall–Kier alpha value is -2.78. The SMILES string of the molecule is COc1ccc(N(CCCC(=O)N(Cc2cccc(Cl)c2)[C@@H](C)C(=O)NC2CCCCC2)S(C)(=O)=O)cc1. The summed E-state index contributed by atoms with van der Waals surface area (Å²) in [6, 6.07) is 13.4. The number of sulfonamides is 1. The molecule has 0 aromatic heterocycles. The Morgan fingerprint density at radius 3 is 2.39 bits per heavy atom. The Morgan fingerprint density at radius 1 is 1.11 bits per heavy atom. The highest BCUT2D eigenvalue weighted by Gasteiger charge is 2.28. The summed E-state index contributed by atoms with van der Waals surface area (Å²) in [7, 11) is -2.02. The summed E-state index contributed by atoms with van der Waals surface area (Å²) < 4.78 is 31.4. The fraction of sp³-hybridized carbons (Fsp3) is 0.500. The molecule has 2 amide bonds. The van der Waals surface area contributed by atoms with Crippen LogP contribution in [0.5, 0.6) is 5.75 Å². The minimum atomic E-state index is -3.57. The minimum absolute atomic E-state index is 0.0871. The number of amides is 2. The number of hydrogen-bond acceptors (Lipinski definition) is 5. The highest BCUT2D eigenvalue weighted by Crippen LogP contribution is 2.23. The van der Waals surface area contributed by atoms with Gasteiger partial charge in [-0.25, -0.2) is 8.42 Å². The highest BCUT2D eigenvalue weighted by atomic mass is 35.5. The molecular formula is C28H38ClN3O5S. The molecule has 0 aliphatic heterocycles. The zero-order valence-corrected chi connectivity index (χ0v) is 23.9. The number of carbonyl (C=O) groups is 2. The van der Waals surface area contributed by atoms with Crippen molar-refractivity contribution in [3.8, 4) is 5.75 Å². The summed E-state index contributed by atoms with van der Waals surface area (Å²) in [4.78, 5) is 28.1. The molecule has 8 nitrogen and oxygen atoms in total. The lowest BCUT2D eigenvalue weighted by Crippen LogP contribution is -2.50. The average Bonchev–Trinajstić information content (AvgIpc) is 2.89. The summed E-state index contributed by atoms with van der Waals surface area (Å²) in [5, 5.41) is 3.67. The maximum atomic E-state index is 13.5. The van der Waals surface area contributed by atoms with Gasteiger partial charge >= 0.3 is 0 Å². The van der Waals surface area contributed by atoms with E-state index in [-0.39, 0.29) is 37.4 Å². The predicted octanol–water partition coefficient (Wildman–Crippen LogP) is 4.76. The number of halogens is 1. The molecule has 2 aromatic carbocycles. The van der Waals surface area contributed by atoms with E-state index in [9.17, 15) is 18.0 Å². The van der Waals surface area contributed by atoms with Crippen molar-refractivity contribution < 1.29 is 22.7 Å². The van der Waals surface area contributed by atoms with E-state index >= 15 is 0 Å². The number of rotatable bonds is 12. The first-order chi connectivity index (χ1) is 18.1. The molecule has 0 heterocycles. The van der Waals surface area contributed by atoms with Crippen LogP contribution in [0.3, 0.4) is 0 Å². The fourth-order valence-electron chi connectivity index (χ4n) is 4.74. The van der Waals surface area contributed by atoms with Gasteiger partial charge in [0, 0.05) is 30.6 Å². The maximum Gasteiger partial charge on any atom is 0.242 e. The van der Waals surface area contributed by atoms with Crippen LogP contribution in [0, 0.1) is 0 Å². The zero-order valence-electron chi connectivity index (χ0n) is 22.4. The molecule has 208 valence electrons. The van der Waals surface area contributed by atoms with Gasteiger partial charge in [-0.2, -0.15) is 0 Å². The molecule has 1 atom stereocenters. The van der Waals surface area contributed by atoms with Crippen molar-refractivity contribution in [3.05, 3.63) is 59.1 Å². The first kappa shape index (κ1) is 29.8. The van der Waals surface area contributed by atoms with Gasteiger partial charge in [-0.3, -0.25) is 13.9 Å². The van der Waals surface area contributed by atoms with E-state index in [0.29, 0.717) is 22.9 Å². The lowest BCUT2D eigenvalue weighted by Gasteiger charge is -2.31. The molecule has 3 rings (SSSR count). The van der Waals surface area contributed by atoms with Gasteiger partial charge in [-0.15, -0.1) is 0 Å². The van der Waals surface area contributed by atoms with Crippen molar-refractivity contribution >= 4 is 39.1 Å². The number of anilines is 1. The van der Waals surface area contributed by atoms with E-state index in [1.807, 2.05) is 12.1 Å². The van der Waals surface area contributed by atoms with E-state index < -0.39 is 16.1 Å². The molecule has 1 fully saturated rings. The van der Waals surface area contributed by atoms with Crippen molar-refractivity contribution in [3.63, 3.8) is 0 Å². The van der Waals surface area contributed by atoms with Gasteiger partial charge < -0.3 is 15.0 Å². The summed E-state index contributed by atoms with van der Waals surface area (Å²) in [6.45, 7) is 2.10. The van der Waals surface area contributed by atoms with Crippen LogP contribution in [0.25, 0.3) is 0 Å². The number of nitrogens with zero attached hydrogens (tertiary/aromatic N) is 2. The number of carbonyl (C=O) groups excluding carboxylic acids is 2. The molecule has 1 aliphatic rings.